The van der Waals surface area contributed by atoms with Crippen molar-refractivity contribution < 1.29 is 23.7 Å². The van der Waals surface area contributed by atoms with Gasteiger partial charge < -0.3 is 15.3 Å². The summed E-state index contributed by atoms with van der Waals surface area (Å²) >= 11 is 13.2. The number of halogens is 2. The molecule has 2 atom stereocenters. The number of aryl methyl sites for hydroxylation is 2. The average molecular weight is 614 g/mol. The average Bonchev–Trinajstić information content (AvgIpc) is 3.39. The number of nitrogens with one attached hydrogen (secondary N) is 1. The molecule has 5 rings (SSSR count). The maximum Gasteiger partial charge on any atom is 0.326 e. The zero-order valence-electron chi connectivity index (χ0n) is 22.5. The van der Waals surface area contributed by atoms with Gasteiger partial charge in [0.1, 0.15) is 6.04 Å². The van der Waals surface area contributed by atoms with Crippen molar-refractivity contribution in [2.45, 2.75) is 49.6 Å². The summed E-state index contributed by atoms with van der Waals surface area (Å²) in [5, 5.41) is 12.6. The molecule has 0 saturated carbocycles. The number of rotatable bonds is 7. The Morgan fingerprint density at radius 1 is 1.05 bits per heavy atom. The molecular formula is C31H30Cl2N2O5S. The molecule has 0 fully saturated rings. The SMILES string of the molecule is C=S(C)(=O)c1cccc(C[C@H](NC(=O)c2c(Cl)cc3c(c2Cl)CCN(C(=O)c2ccc4c(c2)CCC4)C3)C(=O)O)c1. The van der Waals surface area contributed by atoms with Crippen molar-refractivity contribution in [1.29, 1.82) is 0 Å². The van der Waals surface area contributed by atoms with Crippen molar-refractivity contribution >= 4 is 56.4 Å². The molecule has 0 saturated heterocycles. The lowest BCUT2D eigenvalue weighted by atomic mass is 9.95. The van der Waals surface area contributed by atoms with Crippen LogP contribution in [0.15, 0.2) is 53.4 Å². The predicted molar refractivity (Wildman–Crippen MR) is 162 cm³/mol. The number of nitrogens with zero attached hydrogens (tertiary/aromatic N) is 1. The minimum atomic E-state index is -2.49. The normalized spacial score (nSPS) is 16.3. The second kappa shape index (κ2) is 11.5. The minimum Gasteiger partial charge on any atom is -0.480 e. The van der Waals surface area contributed by atoms with E-state index in [2.05, 4.69) is 11.2 Å². The largest absolute Gasteiger partial charge is 0.480 e. The van der Waals surface area contributed by atoms with Crippen LogP contribution in [0.3, 0.4) is 0 Å². The molecule has 7 nitrogen and oxygen atoms in total. The first-order valence-corrected chi connectivity index (χ1v) is 16.2. The molecule has 0 aromatic heterocycles. The molecule has 0 bridgehead atoms. The van der Waals surface area contributed by atoms with E-state index in [4.69, 9.17) is 23.2 Å². The third-order valence-electron chi connectivity index (χ3n) is 7.70. The molecule has 0 radical (unpaired) electrons. The molecule has 3 aromatic carbocycles. The van der Waals surface area contributed by atoms with Crippen LogP contribution in [0.5, 0.6) is 0 Å². The van der Waals surface area contributed by atoms with Gasteiger partial charge in [0.25, 0.3) is 11.8 Å². The minimum absolute atomic E-state index is 0.000168. The molecule has 2 N–H and O–H groups in total. The van der Waals surface area contributed by atoms with Gasteiger partial charge in [0.05, 0.1) is 15.6 Å². The number of hydrogen-bond donors (Lipinski definition) is 2. The van der Waals surface area contributed by atoms with E-state index in [9.17, 15) is 23.7 Å². The maximum atomic E-state index is 13.3. The van der Waals surface area contributed by atoms with Crippen LogP contribution >= 0.6 is 23.2 Å². The van der Waals surface area contributed by atoms with Gasteiger partial charge in [-0.25, -0.2) is 4.79 Å². The van der Waals surface area contributed by atoms with Crippen molar-refractivity contribution in [3.63, 3.8) is 0 Å². The Morgan fingerprint density at radius 2 is 1.80 bits per heavy atom. The molecule has 1 heterocycles. The lowest BCUT2D eigenvalue weighted by Crippen LogP contribution is -2.42. The maximum absolute atomic E-state index is 13.3. The number of fused-ring (bicyclic) bond motifs is 2. The number of carbonyl (C=O) groups is 3. The third kappa shape index (κ3) is 6.15. The Labute approximate surface area is 249 Å². The smallest absolute Gasteiger partial charge is 0.326 e. The summed E-state index contributed by atoms with van der Waals surface area (Å²) < 4.78 is 12.3. The molecule has 1 aliphatic heterocycles. The Hall–Kier alpha value is -3.33. The Kier molecular flexibility index (Phi) is 8.19. The summed E-state index contributed by atoms with van der Waals surface area (Å²) in [5.74, 6) is 1.66. The van der Waals surface area contributed by atoms with Crippen LogP contribution in [0, 0.1) is 0 Å². The van der Waals surface area contributed by atoms with Gasteiger partial charge in [-0.15, -0.1) is 0 Å². The van der Waals surface area contributed by atoms with Gasteiger partial charge in [0.15, 0.2) is 0 Å². The first-order valence-electron chi connectivity index (χ1n) is 13.3. The van der Waals surface area contributed by atoms with Crippen LogP contribution in [-0.4, -0.2) is 56.7 Å². The van der Waals surface area contributed by atoms with E-state index >= 15 is 0 Å². The van der Waals surface area contributed by atoms with Crippen molar-refractivity contribution in [3.8, 4) is 0 Å². The topological polar surface area (TPSA) is 104 Å². The molecule has 2 amide bonds. The highest BCUT2D eigenvalue weighted by Crippen LogP contribution is 2.35. The van der Waals surface area contributed by atoms with E-state index in [0.29, 0.717) is 41.1 Å². The summed E-state index contributed by atoms with van der Waals surface area (Å²) in [5.41, 5.74) is 5.24. The van der Waals surface area contributed by atoms with Gasteiger partial charge in [0.2, 0.25) is 0 Å². The highest BCUT2D eigenvalue weighted by molar-refractivity contribution is 7.99. The highest BCUT2D eigenvalue weighted by Gasteiger charge is 2.30. The van der Waals surface area contributed by atoms with Crippen LogP contribution in [0.2, 0.25) is 10.0 Å². The van der Waals surface area contributed by atoms with Gasteiger partial charge in [-0.2, -0.15) is 0 Å². The summed E-state index contributed by atoms with van der Waals surface area (Å²) in [6.07, 6.45) is 5.04. The molecule has 1 aliphatic carbocycles. The number of aliphatic carboxylic acids is 1. The first-order chi connectivity index (χ1) is 19.4. The van der Waals surface area contributed by atoms with Crippen LogP contribution < -0.4 is 5.32 Å². The standard InChI is InChI=1S/C31H30Cl2N2O5S/c1-41(2,40)23-8-3-5-18(13-23)14-26(31(38)39)34-29(36)27-25(32)16-22-17-35(12-11-24(22)28(27)33)30(37)21-10-9-19-6-4-7-20(19)15-21/h3,5,8-10,13,15-16,26H,1,4,6-7,11-12,14,17H2,2H3,(H,34,36)(H,38,39)/t26-,41?/m0/s1. The number of carbonyl (C=O) groups excluding carboxylic acids is 2. The summed E-state index contributed by atoms with van der Waals surface area (Å²) in [7, 11) is -2.49. The fourth-order valence-electron chi connectivity index (χ4n) is 5.53. The highest BCUT2D eigenvalue weighted by atomic mass is 35.5. The predicted octanol–water partition coefficient (Wildman–Crippen LogP) is 4.81. The molecule has 1 unspecified atom stereocenters. The summed E-state index contributed by atoms with van der Waals surface area (Å²) in [4.78, 5) is 40.9. The summed E-state index contributed by atoms with van der Waals surface area (Å²) in [6, 6.07) is 12.9. The van der Waals surface area contributed by atoms with Crippen LogP contribution in [0.25, 0.3) is 0 Å². The Balaban J connectivity index is 1.34. The fourth-order valence-corrected chi connectivity index (χ4v) is 7.06. The fraction of sp³-hybridized carbons (Fsp3) is 0.290. The lowest BCUT2D eigenvalue weighted by Gasteiger charge is -2.30. The lowest BCUT2D eigenvalue weighted by molar-refractivity contribution is -0.139. The molecule has 214 valence electrons. The van der Waals surface area contributed by atoms with Gasteiger partial charge >= 0.3 is 5.97 Å². The van der Waals surface area contributed by atoms with E-state index in [0.717, 1.165) is 24.8 Å². The zero-order valence-corrected chi connectivity index (χ0v) is 24.9. The molecular weight excluding hydrogens is 583 g/mol. The van der Waals surface area contributed by atoms with E-state index in [1.54, 1.807) is 35.2 Å². The van der Waals surface area contributed by atoms with E-state index in [1.165, 1.54) is 17.4 Å². The molecule has 10 heteroatoms. The van der Waals surface area contributed by atoms with E-state index < -0.39 is 27.4 Å². The Bertz CT molecular complexity index is 1690. The van der Waals surface area contributed by atoms with Crippen molar-refractivity contribution in [3.05, 3.63) is 97.5 Å². The summed E-state index contributed by atoms with van der Waals surface area (Å²) in [6.45, 7) is 0.722. The van der Waals surface area contributed by atoms with Crippen LogP contribution in [0.1, 0.15) is 55.0 Å². The number of amides is 2. The number of carboxylic acid groups (broad SMARTS) is 1. The Morgan fingerprint density at radius 3 is 2.54 bits per heavy atom. The van der Waals surface area contributed by atoms with Crippen molar-refractivity contribution in [2.24, 2.45) is 0 Å². The van der Waals surface area contributed by atoms with Crippen molar-refractivity contribution in [2.75, 3.05) is 12.8 Å². The first kappa shape index (κ1) is 29.2. The van der Waals surface area contributed by atoms with E-state index in [-0.39, 0.29) is 27.9 Å². The van der Waals surface area contributed by atoms with Gasteiger partial charge in [0, 0.05) is 36.2 Å². The van der Waals surface area contributed by atoms with Gasteiger partial charge in [-0.3, -0.25) is 13.8 Å². The number of hydrogen-bond acceptors (Lipinski definition) is 4. The van der Waals surface area contributed by atoms with E-state index in [1.807, 2.05) is 18.2 Å². The zero-order chi connectivity index (χ0) is 29.5. The number of carboxylic acids is 1. The number of benzene rings is 3. The molecule has 0 spiro atoms. The van der Waals surface area contributed by atoms with Crippen molar-refractivity contribution in [1.82, 2.24) is 10.2 Å². The molecule has 3 aromatic rings. The third-order valence-corrected chi connectivity index (χ3v) is 9.67. The van der Waals surface area contributed by atoms with Gasteiger partial charge in [-0.05, 0) is 99.2 Å². The quantitative estimate of drug-likeness (QED) is 0.373. The second-order valence-corrected chi connectivity index (χ2v) is 14.0. The monoisotopic (exact) mass is 612 g/mol. The molecule has 41 heavy (non-hydrogen) atoms. The van der Waals surface area contributed by atoms with Crippen LogP contribution in [0.4, 0.5) is 0 Å². The molecule has 2 aliphatic rings. The van der Waals surface area contributed by atoms with Crippen LogP contribution in [-0.2, 0) is 46.5 Å². The second-order valence-electron chi connectivity index (χ2n) is 10.7. The van der Waals surface area contributed by atoms with Gasteiger partial charge in [-0.1, -0.05) is 41.4 Å².